The Labute approximate surface area is 187 Å². The largest absolute Gasteiger partial charge is 0.394 e. The summed E-state index contributed by atoms with van der Waals surface area (Å²) in [4.78, 5) is 26.4. The van der Waals surface area contributed by atoms with Gasteiger partial charge in [0.2, 0.25) is 5.91 Å². The number of halogens is 1. The first-order valence-electron chi connectivity index (χ1n) is 10.7. The van der Waals surface area contributed by atoms with Gasteiger partial charge in [-0.25, -0.2) is 4.79 Å². The van der Waals surface area contributed by atoms with Crippen molar-refractivity contribution in [2.75, 3.05) is 51.3 Å². The number of rotatable bonds is 8. The van der Waals surface area contributed by atoms with Crippen molar-refractivity contribution in [3.63, 3.8) is 0 Å². The van der Waals surface area contributed by atoms with Gasteiger partial charge in [0.05, 0.1) is 38.5 Å². The number of carbonyl (C=O) groups is 2. The van der Waals surface area contributed by atoms with Crippen molar-refractivity contribution in [3.05, 3.63) is 29.3 Å². The fourth-order valence-corrected chi connectivity index (χ4v) is 3.89. The zero-order valence-electron chi connectivity index (χ0n) is 17.5. The monoisotopic (exact) mass is 454 g/mol. The molecule has 0 aliphatic carbocycles. The maximum Gasteiger partial charge on any atom is 0.319 e. The molecule has 0 bridgehead atoms. The molecule has 9 nitrogen and oxygen atoms in total. The third-order valence-electron chi connectivity index (χ3n) is 5.47. The number of amides is 3. The van der Waals surface area contributed by atoms with Gasteiger partial charge in [-0.2, -0.15) is 0 Å². The van der Waals surface area contributed by atoms with Crippen molar-refractivity contribution in [1.82, 2.24) is 15.5 Å². The van der Waals surface area contributed by atoms with Gasteiger partial charge in [-0.05, 0) is 43.5 Å². The van der Waals surface area contributed by atoms with Gasteiger partial charge >= 0.3 is 6.03 Å². The molecule has 0 spiro atoms. The first kappa shape index (κ1) is 23.7. The number of nitrogens with zero attached hydrogens (tertiary/aromatic N) is 1. The van der Waals surface area contributed by atoms with E-state index in [1.54, 1.807) is 24.3 Å². The lowest BCUT2D eigenvalue weighted by Crippen LogP contribution is -2.52. The van der Waals surface area contributed by atoms with Crippen molar-refractivity contribution in [1.29, 1.82) is 0 Å². The summed E-state index contributed by atoms with van der Waals surface area (Å²) in [7, 11) is 0. The summed E-state index contributed by atoms with van der Waals surface area (Å²) >= 11 is 5.85. The fourth-order valence-electron chi connectivity index (χ4n) is 3.77. The maximum atomic E-state index is 12.3. The van der Waals surface area contributed by atoms with Gasteiger partial charge in [-0.15, -0.1) is 0 Å². The Hall–Kier alpha value is -1.91. The van der Waals surface area contributed by atoms with E-state index in [0.29, 0.717) is 49.9 Å². The number of nitrogens with one attached hydrogen (secondary N) is 3. The zero-order valence-corrected chi connectivity index (χ0v) is 18.3. The van der Waals surface area contributed by atoms with E-state index in [2.05, 4.69) is 20.9 Å². The molecule has 0 aromatic heterocycles. The van der Waals surface area contributed by atoms with Crippen molar-refractivity contribution in [2.24, 2.45) is 0 Å². The zero-order chi connectivity index (χ0) is 22.1. The van der Waals surface area contributed by atoms with E-state index in [1.165, 1.54) is 0 Å². The molecule has 0 radical (unpaired) electrons. The summed E-state index contributed by atoms with van der Waals surface area (Å²) in [5, 5.41) is 18.9. The predicted molar refractivity (Wildman–Crippen MR) is 117 cm³/mol. The number of hydrogen-bond acceptors (Lipinski definition) is 6. The topological polar surface area (TPSA) is 112 Å². The van der Waals surface area contributed by atoms with Gasteiger partial charge in [-0.3, -0.25) is 9.69 Å². The highest BCUT2D eigenvalue weighted by atomic mass is 35.5. The minimum Gasteiger partial charge on any atom is -0.394 e. The Morgan fingerprint density at radius 1 is 1.16 bits per heavy atom. The van der Waals surface area contributed by atoms with Gasteiger partial charge < -0.3 is 30.5 Å². The Morgan fingerprint density at radius 2 is 1.90 bits per heavy atom. The summed E-state index contributed by atoms with van der Waals surface area (Å²) in [6.45, 7) is 3.59. The molecule has 31 heavy (non-hydrogen) atoms. The van der Waals surface area contributed by atoms with E-state index >= 15 is 0 Å². The number of ether oxygens (including phenoxy) is 2. The number of hydrogen-bond donors (Lipinski definition) is 4. The lowest BCUT2D eigenvalue weighted by Gasteiger charge is -2.36. The summed E-state index contributed by atoms with van der Waals surface area (Å²) in [6, 6.07) is 6.18. The summed E-state index contributed by atoms with van der Waals surface area (Å²) < 4.78 is 11.2. The van der Waals surface area contributed by atoms with Gasteiger partial charge in [0.1, 0.15) is 6.10 Å². The van der Waals surface area contributed by atoms with E-state index in [-0.39, 0.29) is 30.7 Å². The van der Waals surface area contributed by atoms with Crippen LogP contribution in [0.5, 0.6) is 0 Å². The number of benzene rings is 1. The van der Waals surface area contributed by atoms with Crippen LogP contribution in [0.3, 0.4) is 0 Å². The Kier molecular flexibility index (Phi) is 9.35. The van der Waals surface area contributed by atoms with E-state index in [1.807, 2.05) is 0 Å². The summed E-state index contributed by atoms with van der Waals surface area (Å²) in [5.74, 6) is -0.00479. The van der Waals surface area contributed by atoms with Crippen LogP contribution in [0, 0.1) is 0 Å². The number of urea groups is 1. The quantitative estimate of drug-likeness (QED) is 0.469. The van der Waals surface area contributed by atoms with Crippen LogP contribution in [-0.2, 0) is 14.3 Å². The Morgan fingerprint density at radius 3 is 2.61 bits per heavy atom. The third kappa shape index (κ3) is 7.93. The fraction of sp³-hybridized carbons (Fsp3) is 0.619. The third-order valence-corrected chi connectivity index (χ3v) is 5.73. The van der Waals surface area contributed by atoms with E-state index in [0.717, 1.165) is 19.5 Å². The Balaban J connectivity index is 1.36. The van der Waals surface area contributed by atoms with Crippen LogP contribution in [0.15, 0.2) is 24.3 Å². The number of aliphatic hydroxyl groups is 1. The average Bonchev–Trinajstić information content (AvgIpc) is 2.77. The second-order valence-corrected chi connectivity index (χ2v) is 8.23. The van der Waals surface area contributed by atoms with Gasteiger partial charge in [0, 0.05) is 30.3 Å². The smallest absolute Gasteiger partial charge is 0.319 e. The molecule has 0 saturated carbocycles. The Bertz CT molecular complexity index is 714. The highest BCUT2D eigenvalue weighted by molar-refractivity contribution is 6.30. The molecular formula is C21H31ClN4O5. The number of morpholine rings is 1. The lowest BCUT2D eigenvalue weighted by molar-refractivity contribution is -0.123. The van der Waals surface area contributed by atoms with Crippen molar-refractivity contribution in [3.8, 4) is 0 Å². The van der Waals surface area contributed by atoms with Crippen molar-refractivity contribution in [2.45, 2.75) is 37.5 Å². The molecule has 2 saturated heterocycles. The molecule has 0 unspecified atom stereocenters. The number of aliphatic hydroxyl groups excluding tert-OH is 1. The molecule has 3 rings (SSSR count). The van der Waals surface area contributed by atoms with Crippen LogP contribution < -0.4 is 16.0 Å². The predicted octanol–water partition coefficient (Wildman–Crippen LogP) is 1.21. The van der Waals surface area contributed by atoms with Crippen molar-refractivity contribution >= 4 is 29.2 Å². The minimum atomic E-state index is -0.487. The highest BCUT2D eigenvalue weighted by Gasteiger charge is 2.31. The van der Waals surface area contributed by atoms with Gasteiger partial charge in [0.25, 0.3) is 0 Å². The summed E-state index contributed by atoms with van der Waals surface area (Å²) in [5.41, 5.74) is 0.630. The average molecular weight is 455 g/mol. The second kappa shape index (κ2) is 12.2. The van der Waals surface area contributed by atoms with Crippen LogP contribution in [0.4, 0.5) is 10.5 Å². The van der Waals surface area contributed by atoms with Crippen LogP contribution in [0.1, 0.15) is 19.3 Å². The molecule has 2 fully saturated rings. The highest BCUT2D eigenvalue weighted by Crippen LogP contribution is 2.22. The van der Waals surface area contributed by atoms with Crippen LogP contribution >= 0.6 is 11.6 Å². The first-order chi connectivity index (χ1) is 15.0. The standard InChI is InChI=1S/C21H31ClN4O5/c22-15-1-3-16(4-2-15)24-21(29)25-18-6-5-17(31-19(18)14-27)7-8-23-20(28)13-26-9-11-30-12-10-26/h1-4,17-19,27H,5-14H2,(H,23,28)(H2,24,25,29)/t17-,18-,19-/m1/s1. The van der Waals surface area contributed by atoms with Gasteiger partial charge in [0.15, 0.2) is 0 Å². The normalized spacial score (nSPS) is 24.4. The molecule has 2 aliphatic rings. The molecular weight excluding hydrogens is 424 g/mol. The first-order valence-corrected chi connectivity index (χ1v) is 11.1. The molecule has 2 aliphatic heterocycles. The van der Waals surface area contributed by atoms with Gasteiger partial charge in [-0.1, -0.05) is 11.6 Å². The minimum absolute atomic E-state index is 0.00479. The number of carbonyl (C=O) groups excluding carboxylic acids is 2. The van der Waals surface area contributed by atoms with Crippen LogP contribution in [0.2, 0.25) is 5.02 Å². The van der Waals surface area contributed by atoms with Crippen molar-refractivity contribution < 1.29 is 24.2 Å². The SMILES string of the molecule is O=C(CN1CCOCC1)NCC[C@H]1CC[C@@H](NC(=O)Nc2ccc(Cl)cc2)[C@@H](CO)O1. The number of anilines is 1. The van der Waals surface area contributed by atoms with E-state index in [4.69, 9.17) is 21.1 Å². The van der Waals surface area contributed by atoms with E-state index in [9.17, 15) is 14.7 Å². The molecule has 10 heteroatoms. The summed E-state index contributed by atoms with van der Waals surface area (Å²) in [6.07, 6.45) is 1.53. The molecule has 4 N–H and O–H groups in total. The lowest BCUT2D eigenvalue weighted by atomic mass is 9.97. The second-order valence-electron chi connectivity index (χ2n) is 7.80. The molecule has 1 aromatic carbocycles. The maximum absolute atomic E-state index is 12.3. The molecule has 1 aromatic rings. The van der Waals surface area contributed by atoms with Crippen LogP contribution in [-0.4, -0.2) is 86.2 Å². The van der Waals surface area contributed by atoms with E-state index < -0.39 is 6.10 Å². The molecule has 3 amide bonds. The molecule has 2 heterocycles. The molecule has 3 atom stereocenters. The molecule has 172 valence electrons. The van der Waals surface area contributed by atoms with Crippen LogP contribution in [0.25, 0.3) is 0 Å².